The zero-order valence-electron chi connectivity index (χ0n) is 9.52. The fraction of sp³-hybridized carbons (Fsp3) is 0.385. The van der Waals surface area contributed by atoms with Crippen LogP contribution in [0.25, 0.3) is 0 Å². The normalized spacial score (nSPS) is 23.8. The lowest BCUT2D eigenvalue weighted by Crippen LogP contribution is -2.33. The topological polar surface area (TPSA) is 60.2 Å². The Morgan fingerprint density at radius 1 is 1.18 bits per heavy atom. The Hall–Kier alpha value is -1.13. The Morgan fingerprint density at radius 2 is 1.88 bits per heavy atom. The summed E-state index contributed by atoms with van der Waals surface area (Å²) in [7, 11) is -3.06. The molecule has 2 N–H and O–H groups in total. The molecule has 2 aliphatic rings. The third-order valence-electron chi connectivity index (χ3n) is 3.75. The zero-order chi connectivity index (χ0) is 12.1. The summed E-state index contributed by atoms with van der Waals surface area (Å²) in [5.74, 6) is 0.238. The van der Waals surface area contributed by atoms with Crippen LogP contribution in [0.5, 0.6) is 0 Å². The summed E-state index contributed by atoms with van der Waals surface area (Å²) in [6.07, 6.45) is 6.31. The van der Waals surface area contributed by atoms with Gasteiger partial charge in [-0.05, 0) is 36.5 Å². The molecule has 0 spiro atoms. The second kappa shape index (κ2) is 3.43. The molecule has 4 heteroatoms. The third-order valence-corrected chi connectivity index (χ3v) is 5.54. The van der Waals surface area contributed by atoms with Gasteiger partial charge in [0.1, 0.15) is 0 Å². The highest BCUT2D eigenvalue weighted by atomic mass is 32.2. The fourth-order valence-corrected chi connectivity index (χ4v) is 4.21. The number of nitrogens with two attached hydrogens (primary N) is 1. The van der Waals surface area contributed by atoms with Crippen molar-refractivity contribution in [2.24, 2.45) is 5.73 Å². The highest BCUT2D eigenvalue weighted by Gasteiger charge is 2.32. The SMILES string of the molecule is NC1(c2ccc3c(c2)S(=O)(=O)CC3)CC=CC1. The van der Waals surface area contributed by atoms with Crippen molar-refractivity contribution in [3.05, 3.63) is 41.5 Å². The molecule has 1 aromatic rings. The molecule has 3 nitrogen and oxygen atoms in total. The number of hydrogen-bond acceptors (Lipinski definition) is 3. The summed E-state index contributed by atoms with van der Waals surface area (Å²) in [5.41, 5.74) is 7.77. The van der Waals surface area contributed by atoms with Gasteiger partial charge in [-0.1, -0.05) is 24.3 Å². The standard InChI is InChI=1S/C13H15NO2S/c14-13(6-1-2-7-13)11-4-3-10-5-8-17(15,16)12(10)9-11/h1-4,9H,5-8,14H2. The van der Waals surface area contributed by atoms with E-state index in [0.29, 0.717) is 11.3 Å². The third kappa shape index (κ3) is 1.63. The largest absolute Gasteiger partial charge is 0.321 e. The predicted octanol–water partition coefficient (Wildman–Crippen LogP) is 1.52. The Balaban J connectivity index is 2.11. The highest BCUT2D eigenvalue weighted by molar-refractivity contribution is 7.91. The molecule has 0 atom stereocenters. The molecular formula is C13H15NO2S. The van der Waals surface area contributed by atoms with Gasteiger partial charge in [-0.15, -0.1) is 0 Å². The van der Waals surface area contributed by atoms with Crippen molar-refractivity contribution in [1.82, 2.24) is 0 Å². The molecule has 0 aromatic heterocycles. The van der Waals surface area contributed by atoms with Crippen LogP contribution >= 0.6 is 0 Å². The van der Waals surface area contributed by atoms with Gasteiger partial charge in [-0.3, -0.25) is 0 Å². The molecule has 17 heavy (non-hydrogen) atoms. The van der Waals surface area contributed by atoms with E-state index in [1.54, 1.807) is 6.07 Å². The maximum atomic E-state index is 11.9. The molecule has 0 saturated heterocycles. The molecule has 0 radical (unpaired) electrons. The Morgan fingerprint density at radius 3 is 2.59 bits per heavy atom. The maximum Gasteiger partial charge on any atom is 0.178 e. The quantitative estimate of drug-likeness (QED) is 0.768. The number of sulfone groups is 1. The molecule has 0 bridgehead atoms. The summed E-state index contributed by atoms with van der Waals surface area (Å²) in [5, 5.41) is 0. The van der Waals surface area contributed by atoms with Gasteiger partial charge in [0.15, 0.2) is 9.84 Å². The molecule has 1 aliphatic heterocycles. The minimum atomic E-state index is -3.06. The van der Waals surface area contributed by atoms with Gasteiger partial charge >= 0.3 is 0 Å². The van der Waals surface area contributed by atoms with Crippen LogP contribution in [0.4, 0.5) is 0 Å². The van der Waals surface area contributed by atoms with Crippen molar-refractivity contribution in [2.75, 3.05) is 5.75 Å². The van der Waals surface area contributed by atoms with Crippen LogP contribution in [-0.4, -0.2) is 14.2 Å². The maximum absolute atomic E-state index is 11.9. The molecular weight excluding hydrogens is 234 g/mol. The van der Waals surface area contributed by atoms with E-state index in [2.05, 4.69) is 12.2 Å². The van der Waals surface area contributed by atoms with E-state index in [0.717, 1.165) is 24.0 Å². The fourth-order valence-electron chi connectivity index (χ4n) is 2.62. The summed E-state index contributed by atoms with van der Waals surface area (Å²) < 4.78 is 23.7. The highest BCUT2D eigenvalue weighted by Crippen LogP contribution is 2.35. The van der Waals surface area contributed by atoms with Gasteiger partial charge in [0.2, 0.25) is 0 Å². The van der Waals surface area contributed by atoms with Crippen LogP contribution in [-0.2, 0) is 21.8 Å². The van der Waals surface area contributed by atoms with E-state index in [1.165, 1.54) is 0 Å². The summed E-state index contributed by atoms with van der Waals surface area (Å²) >= 11 is 0. The van der Waals surface area contributed by atoms with E-state index in [9.17, 15) is 8.42 Å². The Labute approximate surface area is 101 Å². The van der Waals surface area contributed by atoms with E-state index in [1.807, 2.05) is 12.1 Å². The van der Waals surface area contributed by atoms with Crippen molar-refractivity contribution >= 4 is 9.84 Å². The summed E-state index contributed by atoms with van der Waals surface area (Å²) in [4.78, 5) is 0.492. The molecule has 0 fully saturated rings. The first-order valence-electron chi connectivity index (χ1n) is 5.81. The zero-order valence-corrected chi connectivity index (χ0v) is 10.3. The van der Waals surface area contributed by atoms with E-state index in [4.69, 9.17) is 5.73 Å². The van der Waals surface area contributed by atoms with Gasteiger partial charge in [-0.2, -0.15) is 0 Å². The van der Waals surface area contributed by atoms with Crippen LogP contribution in [0.1, 0.15) is 24.0 Å². The van der Waals surface area contributed by atoms with Gasteiger partial charge in [0, 0.05) is 5.54 Å². The molecule has 0 amide bonds. The van der Waals surface area contributed by atoms with Crippen molar-refractivity contribution in [3.8, 4) is 0 Å². The van der Waals surface area contributed by atoms with E-state index in [-0.39, 0.29) is 5.75 Å². The van der Waals surface area contributed by atoms with E-state index < -0.39 is 15.4 Å². The van der Waals surface area contributed by atoms with Crippen molar-refractivity contribution in [2.45, 2.75) is 29.7 Å². The van der Waals surface area contributed by atoms with Crippen molar-refractivity contribution < 1.29 is 8.42 Å². The molecule has 0 saturated carbocycles. The Bertz CT molecular complexity index is 594. The molecule has 1 heterocycles. The second-order valence-electron chi connectivity index (χ2n) is 4.93. The lowest BCUT2D eigenvalue weighted by atomic mass is 9.88. The lowest BCUT2D eigenvalue weighted by Gasteiger charge is -2.24. The van der Waals surface area contributed by atoms with Crippen LogP contribution in [0, 0.1) is 0 Å². The van der Waals surface area contributed by atoms with Crippen molar-refractivity contribution in [3.63, 3.8) is 0 Å². The number of rotatable bonds is 1. The average molecular weight is 249 g/mol. The lowest BCUT2D eigenvalue weighted by molar-refractivity contribution is 0.479. The second-order valence-corrected chi connectivity index (χ2v) is 7.00. The van der Waals surface area contributed by atoms with Crippen molar-refractivity contribution in [1.29, 1.82) is 0 Å². The minimum absolute atomic E-state index is 0.238. The number of aryl methyl sites for hydroxylation is 1. The van der Waals surface area contributed by atoms with Crippen LogP contribution in [0.2, 0.25) is 0 Å². The molecule has 90 valence electrons. The van der Waals surface area contributed by atoms with Crippen LogP contribution in [0.3, 0.4) is 0 Å². The van der Waals surface area contributed by atoms with E-state index >= 15 is 0 Å². The molecule has 1 aromatic carbocycles. The first kappa shape index (κ1) is 11.0. The molecule has 3 rings (SSSR count). The summed E-state index contributed by atoms with van der Waals surface area (Å²) in [6.45, 7) is 0. The first-order valence-corrected chi connectivity index (χ1v) is 7.47. The summed E-state index contributed by atoms with van der Waals surface area (Å²) in [6, 6.07) is 5.68. The number of hydrogen-bond donors (Lipinski definition) is 1. The predicted molar refractivity (Wildman–Crippen MR) is 66.4 cm³/mol. The minimum Gasteiger partial charge on any atom is -0.321 e. The van der Waals surface area contributed by atoms with Gasteiger partial charge in [0.05, 0.1) is 10.6 Å². The first-order chi connectivity index (χ1) is 8.01. The van der Waals surface area contributed by atoms with Crippen LogP contribution in [0.15, 0.2) is 35.2 Å². The number of benzene rings is 1. The van der Waals surface area contributed by atoms with Gasteiger partial charge in [0.25, 0.3) is 0 Å². The molecule has 0 unspecified atom stereocenters. The monoisotopic (exact) mass is 249 g/mol. The molecule has 1 aliphatic carbocycles. The Kier molecular flexibility index (Phi) is 2.22. The van der Waals surface area contributed by atoms with Gasteiger partial charge < -0.3 is 5.73 Å². The van der Waals surface area contributed by atoms with Crippen LogP contribution < -0.4 is 5.73 Å². The average Bonchev–Trinajstić information content (AvgIpc) is 2.85. The van der Waals surface area contributed by atoms with Gasteiger partial charge in [-0.25, -0.2) is 8.42 Å². The smallest absolute Gasteiger partial charge is 0.178 e. The number of fused-ring (bicyclic) bond motifs is 1.